The minimum Gasteiger partial charge on any atom is -0.342 e. The van der Waals surface area contributed by atoms with Crippen LogP contribution in [0.2, 0.25) is 0 Å². The number of rotatable bonds is 1. The Kier molecular flexibility index (Phi) is 2.16. The highest BCUT2D eigenvalue weighted by molar-refractivity contribution is 7.13. The third-order valence-electron chi connectivity index (χ3n) is 2.47. The van der Waals surface area contributed by atoms with E-state index < -0.39 is 0 Å². The van der Waals surface area contributed by atoms with Crippen LogP contribution in [0.4, 0.5) is 0 Å². The highest BCUT2D eigenvalue weighted by atomic mass is 32.1. The van der Waals surface area contributed by atoms with Crippen molar-refractivity contribution in [2.75, 3.05) is 0 Å². The van der Waals surface area contributed by atoms with Crippen molar-refractivity contribution in [2.24, 2.45) is 0 Å². The number of hydrogen-bond donors (Lipinski definition) is 1. The number of nitrogens with zero attached hydrogens (tertiary/aromatic N) is 3. The molecule has 0 atom stereocenters. The summed E-state index contributed by atoms with van der Waals surface area (Å²) >= 11 is 1.47. The molecule has 82 valence electrons. The van der Waals surface area contributed by atoms with Crippen molar-refractivity contribution < 1.29 is 0 Å². The smallest absolute Gasteiger partial charge is 0.152 e. The number of hydrogen-bond acceptors (Lipinski definition) is 4. The molecule has 4 nitrogen and oxygen atoms in total. The summed E-state index contributed by atoms with van der Waals surface area (Å²) in [6.45, 7) is 1.93. The Labute approximate surface area is 102 Å². The number of fused-ring (bicyclic) bond motifs is 1. The second-order valence-electron chi connectivity index (χ2n) is 3.70. The van der Waals surface area contributed by atoms with Crippen LogP contribution in [-0.2, 0) is 0 Å². The van der Waals surface area contributed by atoms with Gasteiger partial charge in [0.2, 0.25) is 0 Å². The predicted octanol–water partition coefficient (Wildman–Crippen LogP) is 2.87. The molecule has 0 aliphatic rings. The zero-order valence-electron chi connectivity index (χ0n) is 9.06. The van der Waals surface area contributed by atoms with Gasteiger partial charge in [0.25, 0.3) is 0 Å². The van der Waals surface area contributed by atoms with Crippen LogP contribution >= 0.6 is 11.3 Å². The van der Waals surface area contributed by atoms with Crippen LogP contribution in [0, 0.1) is 18.3 Å². The fourth-order valence-electron chi connectivity index (χ4n) is 1.73. The lowest BCUT2D eigenvalue weighted by molar-refractivity contribution is 1.17. The van der Waals surface area contributed by atoms with Gasteiger partial charge >= 0.3 is 0 Å². The Morgan fingerprint density at radius 1 is 1.35 bits per heavy atom. The normalized spacial score (nSPS) is 10.6. The highest BCUT2D eigenvalue weighted by Crippen LogP contribution is 2.26. The number of H-pyrrole nitrogens is 1. The third-order valence-corrected chi connectivity index (χ3v) is 3.36. The number of aromatic nitrogens is 3. The van der Waals surface area contributed by atoms with Gasteiger partial charge in [-0.1, -0.05) is 0 Å². The molecule has 0 amide bonds. The van der Waals surface area contributed by atoms with E-state index in [0.29, 0.717) is 5.69 Å². The van der Waals surface area contributed by atoms with Crippen molar-refractivity contribution in [3.8, 4) is 16.6 Å². The molecule has 1 aromatic carbocycles. The SMILES string of the molecule is Cc1nc2ccc(-c3nc(C#N)cs3)cc2[nH]1. The largest absolute Gasteiger partial charge is 0.342 e. The van der Waals surface area contributed by atoms with Crippen LogP contribution in [-0.4, -0.2) is 15.0 Å². The maximum atomic E-state index is 8.75. The molecule has 0 aliphatic heterocycles. The Bertz CT molecular complexity index is 732. The Hall–Kier alpha value is -2.19. The maximum absolute atomic E-state index is 8.75. The molecule has 0 aliphatic carbocycles. The second kappa shape index (κ2) is 3.68. The first-order valence-corrected chi connectivity index (χ1v) is 5.96. The predicted molar refractivity (Wildman–Crippen MR) is 66.7 cm³/mol. The van der Waals surface area contributed by atoms with Crippen molar-refractivity contribution in [3.63, 3.8) is 0 Å². The summed E-state index contributed by atoms with van der Waals surface area (Å²) < 4.78 is 0. The maximum Gasteiger partial charge on any atom is 0.152 e. The summed E-state index contributed by atoms with van der Waals surface area (Å²) in [5.74, 6) is 0.897. The molecule has 0 saturated carbocycles. The number of nitrogens with one attached hydrogen (secondary N) is 1. The zero-order chi connectivity index (χ0) is 11.8. The fraction of sp³-hybridized carbons (Fsp3) is 0.0833. The van der Waals surface area contributed by atoms with E-state index in [1.807, 2.05) is 31.2 Å². The molecule has 0 saturated heterocycles. The van der Waals surface area contributed by atoms with E-state index in [9.17, 15) is 0 Å². The lowest BCUT2D eigenvalue weighted by Crippen LogP contribution is -1.78. The van der Waals surface area contributed by atoms with Gasteiger partial charge in [0.15, 0.2) is 5.69 Å². The van der Waals surface area contributed by atoms with Gasteiger partial charge in [-0.05, 0) is 25.1 Å². The molecule has 0 fully saturated rings. The lowest BCUT2D eigenvalue weighted by atomic mass is 10.2. The summed E-state index contributed by atoms with van der Waals surface area (Å²) in [6.07, 6.45) is 0. The molecule has 2 heterocycles. The number of aryl methyl sites for hydroxylation is 1. The van der Waals surface area contributed by atoms with Crippen molar-refractivity contribution in [1.82, 2.24) is 15.0 Å². The van der Waals surface area contributed by atoms with Gasteiger partial charge < -0.3 is 4.98 Å². The standard InChI is InChI=1S/C12H8N4S/c1-7-14-10-3-2-8(4-11(10)15-7)12-16-9(5-13)6-17-12/h2-4,6H,1H3,(H,14,15). The van der Waals surface area contributed by atoms with Crippen LogP contribution in [0.25, 0.3) is 21.6 Å². The van der Waals surface area contributed by atoms with Gasteiger partial charge in [0.05, 0.1) is 11.0 Å². The van der Waals surface area contributed by atoms with E-state index in [-0.39, 0.29) is 0 Å². The van der Waals surface area contributed by atoms with E-state index in [4.69, 9.17) is 5.26 Å². The zero-order valence-corrected chi connectivity index (χ0v) is 9.88. The molecule has 1 N–H and O–H groups in total. The van der Waals surface area contributed by atoms with Crippen LogP contribution in [0.15, 0.2) is 23.6 Å². The molecule has 3 rings (SSSR count). The number of aromatic amines is 1. The summed E-state index contributed by atoms with van der Waals surface area (Å²) in [7, 11) is 0. The first-order chi connectivity index (χ1) is 8.26. The van der Waals surface area contributed by atoms with Crippen LogP contribution in [0.1, 0.15) is 11.5 Å². The average molecular weight is 240 g/mol. The van der Waals surface area contributed by atoms with E-state index in [1.54, 1.807) is 5.38 Å². The molecule has 5 heteroatoms. The minimum absolute atomic E-state index is 0.464. The molecule has 2 aromatic heterocycles. The van der Waals surface area contributed by atoms with Crippen molar-refractivity contribution in [3.05, 3.63) is 35.1 Å². The Balaban J connectivity index is 2.14. The first kappa shape index (κ1) is 10.00. The number of thiazole rings is 1. The molecule has 0 unspecified atom stereocenters. The average Bonchev–Trinajstić information content (AvgIpc) is 2.92. The second-order valence-corrected chi connectivity index (χ2v) is 4.56. The van der Waals surface area contributed by atoms with Gasteiger partial charge in [-0.3, -0.25) is 0 Å². The quantitative estimate of drug-likeness (QED) is 0.711. The summed E-state index contributed by atoms with van der Waals surface area (Å²) in [6, 6.07) is 7.98. The van der Waals surface area contributed by atoms with E-state index in [1.165, 1.54) is 11.3 Å². The molecular formula is C12H8N4S. The Morgan fingerprint density at radius 3 is 3.00 bits per heavy atom. The van der Waals surface area contributed by atoms with Crippen LogP contribution in [0.3, 0.4) is 0 Å². The van der Waals surface area contributed by atoms with Gasteiger partial charge in [-0.25, -0.2) is 9.97 Å². The molecule has 0 radical (unpaired) electrons. The van der Waals surface area contributed by atoms with Crippen molar-refractivity contribution >= 4 is 22.4 Å². The summed E-state index contributed by atoms with van der Waals surface area (Å²) in [4.78, 5) is 11.8. The Morgan fingerprint density at radius 2 is 2.24 bits per heavy atom. The van der Waals surface area contributed by atoms with Gasteiger partial charge in [0, 0.05) is 10.9 Å². The highest BCUT2D eigenvalue weighted by Gasteiger charge is 2.06. The van der Waals surface area contributed by atoms with E-state index in [0.717, 1.165) is 27.4 Å². The molecular weight excluding hydrogens is 232 g/mol. The molecule has 17 heavy (non-hydrogen) atoms. The molecule has 3 aromatic rings. The third kappa shape index (κ3) is 1.69. The first-order valence-electron chi connectivity index (χ1n) is 5.08. The van der Waals surface area contributed by atoms with Gasteiger partial charge in [0.1, 0.15) is 16.9 Å². The molecule has 0 spiro atoms. The number of nitriles is 1. The van der Waals surface area contributed by atoms with Crippen LogP contribution < -0.4 is 0 Å². The summed E-state index contributed by atoms with van der Waals surface area (Å²) in [5, 5.41) is 11.4. The molecule has 0 bridgehead atoms. The van der Waals surface area contributed by atoms with E-state index in [2.05, 4.69) is 15.0 Å². The number of imidazole rings is 1. The monoisotopic (exact) mass is 240 g/mol. The summed E-state index contributed by atoms with van der Waals surface area (Å²) in [5.41, 5.74) is 3.41. The van der Waals surface area contributed by atoms with Crippen molar-refractivity contribution in [1.29, 1.82) is 5.26 Å². The lowest BCUT2D eigenvalue weighted by Gasteiger charge is -1.95. The van der Waals surface area contributed by atoms with Gasteiger partial charge in [-0.15, -0.1) is 11.3 Å². The van der Waals surface area contributed by atoms with Gasteiger partial charge in [-0.2, -0.15) is 5.26 Å². The van der Waals surface area contributed by atoms with E-state index >= 15 is 0 Å². The fourth-order valence-corrected chi connectivity index (χ4v) is 2.47. The number of benzene rings is 1. The minimum atomic E-state index is 0.464. The van der Waals surface area contributed by atoms with Crippen LogP contribution in [0.5, 0.6) is 0 Å². The topological polar surface area (TPSA) is 65.4 Å². The van der Waals surface area contributed by atoms with Crippen molar-refractivity contribution in [2.45, 2.75) is 6.92 Å².